The number of aromatic hydroxyl groups is 1. The van der Waals surface area contributed by atoms with Crippen molar-refractivity contribution < 1.29 is 5.11 Å². The van der Waals surface area contributed by atoms with Crippen molar-refractivity contribution in [2.24, 2.45) is 4.99 Å². The second-order valence-electron chi connectivity index (χ2n) is 11.9. The molecule has 3 heteroatoms. The van der Waals surface area contributed by atoms with Crippen molar-refractivity contribution in [2.75, 3.05) is 6.16 Å². The molecule has 1 aliphatic rings. The van der Waals surface area contributed by atoms with Gasteiger partial charge in [0.25, 0.3) is 0 Å². The number of rotatable bonds is 6. The summed E-state index contributed by atoms with van der Waals surface area (Å²) in [6.07, 6.45) is 1.84. The fraction of sp³-hybridized carbons (Fsp3) is 0.119. The molecule has 45 heavy (non-hydrogen) atoms. The molecule has 2 atom stereocenters. The van der Waals surface area contributed by atoms with Crippen LogP contribution in [0.1, 0.15) is 28.7 Å². The summed E-state index contributed by atoms with van der Waals surface area (Å²) >= 11 is 0. The summed E-state index contributed by atoms with van der Waals surface area (Å²) in [5.41, 5.74) is 10.1. The van der Waals surface area contributed by atoms with Gasteiger partial charge >= 0.3 is 0 Å². The smallest absolute Gasteiger partial charge is 0.123 e. The number of phenolic OH excluding ortho intramolecular Hbond substituents is 1. The lowest BCUT2D eigenvalue weighted by Crippen LogP contribution is -2.33. The third-order valence-corrected chi connectivity index (χ3v) is 11.6. The monoisotopic (exact) mass is 601 g/mol. The maximum atomic E-state index is 11.9. The van der Waals surface area contributed by atoms with E-state index in [4.69, 9.17) is 4.99 Å². The third-order valence-electron chi connectivity index (χ3n) is 9.01. The molecule has 0 radical (unpaired) electrons. The van der Waals surface area contributed by atoms with Crippen LogP contribution in [0, 0.1) is 13.8 Å². The predicted octanol–water partition coefficient (Wildman–Crippen LogP) is 10.6. The molecule has 1 fully saturated rings. The second-order valence-corrected chi connectivity index (χ2v) is 14.1. The van der Waals surface area contributed by atoms with Crippen molar-refractivity contribution in [1.29, 1.82) is 0 Å². The topological polar surface area (TPSA) is 32.6 Å². The van der Waals surface area contributed by atoms with Gasteiger partial charge < -0.3 is 5.11 Å². The van der Waals surface area contributed by atoms with Crippen molar-refractivity contribution in [1.82, 2.24) is 0 Å². The van der Waals surface area contributed by atoms with E-state index in [-0.39, 0.29) is 0 Å². The van der Waals surface area contributed by atoms with Crippen LogP contribution in [0.2, 0.25) is 0 Å². The van der Waals surface area contributed by atoms with Crippen molar-refractivity contribution in [3.05, 3.63) is 174 Å². The van der Waals surface area contributed by atoms with E-state index in [1.807, 2.05) is 6.92 Å². The lowest BCUT2D eigenvalue weighted by atomic mass is 9.72. The van der Waals surface area contributed by atoms with Crippen LogP contribution in [0.5, 0.6) is 5.75 Å². The van der Waals surface area contributed by atoms with Crippen LogP contribution in [0.25, 0.3) is 22.3 Å². The Balaban J connectivity index is 1.61. The first kappa shape index (κ1) is 29.0. The normalized spacial score (nSPS) is 18.7. The molecule has 1 heterocycles. The maximum Gasteiger partial charge on any atom is 0.123 e. The molecule has 0 bridgehead atoms. The van der Waals surface area contributed by atoms with Crippen molar-refractivity contribution in [3.63, 3.8) is 0 Å². The van der Waals surface area contributed by atoms with Gasteiger partial charge in [0.05, 0.1) is 16.6 Å². The Hall–Kier alpha value is -4.78. The number of hydrogen-bond donors (Lipinski definition) is 1. The van der Waals surface area contributed by atoms with E-state index in [2.05, 4.69) is 159 Å². The van der Waals surface area contributed by atoms with Gasteiger partial charge in [0.15, 0.2) is 0 Å². The molecule has 0 aromatic heterocycles. The van der Waals surface area contributed by atoms with E-state index < -0.39 is 13.3 Å². The fourth-order valence-corrected chi connectivity index (χ4v) is 9.75. The minimum Gasteiger partial charge on any atom is -0.507 e. The largest absolute Gasteiger partial charge is 0.507 e. The number of phenols is 1. The van der Waals surface area contributed by atoms with Crippen LogP contribution in [-0.2, 0) is 5.41 Å². The highest BCUT2D eigenvalue weighted by atomic mass is 31.1. The summed E-state index contributed by atoms with van der Waals surface area (Å²) in [7, 11) is -0.818. The van der Waals surface area contributed by atoms with E-state index in [9.17, 15) is 5.11 Å². The minimum absolute atomic E-state index is 0.363. The lowest BCUT2D eigenvalue weighted by molar-refractivity contribution is 0.454. The summed E-state index contributed by atoms with van der Waals surface area (Å²) < 4.78 is 0. The van der Waals surface area contributed by atoms with Gasteiger partial charge in [0.2, 0.25) is 0 Å². The summed E-state index contributed by atoms with van der Waals surface area (Å²) in [5.74, 6) is 0.363. The highest BCUT2D eigenvalue weighted by Crippen LogP contribution is 2.60. The fourth-order valence-electron chi connectivity index (χ4n) is 6.91. The highest BCUT2D eigenvalue weighted by molar-refractivity contribution is 7.82. The average Bonchev–Trinajstić information content (AvgIpc) is 3.47. The van der Waals surface area contributed by atoms with Gasteiger partial charge in [-0.15, -0.1) is 0 Å². The molecular formula is C42H36NOP. The lowest BCUT2D eigenvalue weighted by Gasteiger charge is -2.34. The third kappa shape index (κ3) is 5.30. The summed E-state index contributed by atoms with van der Waals surface area (Å²) in [6, 6.07) is 53.6. The zero-order chi connectivity index (χ0) is 30.8. The van der Waals surface area contributed by atoms with Gasteiger partial charge in [-0.1, -0.05) is 157 Å². The van der Waals surface area contributed by atoms with Crippen LogP contribution in [-0.4, -0.2) is 16.7 Å². The summed E-state index contributed by atoms with van der Waals surface area (Å²) in [4.78, 5) is 5.91. The molecule has 1 N–H and O–H groups in total. The van der Waals surface area contributed by atoms with Crippen LogP contribution in [0.4, 0.5) is 5.69 Å². The Bertz CT molecular complexity index is 1910. The number of aliphatic imine (C=N–C) groups is 1. The molecule has 220 valence electrons. The van der Waals surface area contributed by atoms with Crippen LogP contribution >= 0.6 is 7.92 Å². The Morgan fingerprint density at radius 2 is 1.16 bits per heavy atom. The molecule has 2 nitrogen and oxygen atoms in total. The molecule has 6 aromatic carbocycles. The van der Waals surface area contributed by atoms with E-state index in [0.29, 0.717) is 5.75 Å². The first-order chi connectivity index (χ1) is 22.1. The Labute approximate surface area is 267 Å². The number of benzene rings is 6. The number of hydrogen-bond acceptors (Lipinski definition) is 2. The molecule has 0 saturated carbocycles. The standard InChI is InChI=1S/C42H36NOP/c1-30-28-31(2)40(44)38(29-30)42(34-20-11-5-12-21-34)26-27-45(35-22-13-6-14-23-35)41(42)43-39-36(32-16-7-3-8-17-32)24-15-25-37(39)33-18-9-4-10-19-33/h3-25,28-29,44H,26-27H2,1-2H3. The SMILES string of the molecule is Cc1cc(C)c(O)c(C2(c3ccccc3)CCP(c3ccccc3)C2=Nc2c(-c3ccccc3)cccc2-c2ccccc2)c1. The zero-order valence-electron chi connectivity index (χ0n) is 25.7. The molecule has 6 aromatic rings. The van der Waals surface area contributed by atoms with E-state index in [0.717, 1.165) is 62.7 Å². The van der Waals surface area contributed by atoms with Gasteiger partial charge in [0, 0.05) is 16.7 Å². The van der Waals surface area contributed by atoms with Gasteiger partial charge in [-0.25, -0.2) is 0 Å². The van der Waals surface area contributed by atoms with Crippen molar-refractivity contribution >= 4 is 24.4 Å². The van der Waals surface area contributed by atoms with E-state index >= 15 is 0 Å². The highest BCUT2D eigenvalue weighted by Gasteiger charge is 2.50. The first-order valence-electron chi connectivity index (χ1n) is 15.6. The first-order valence-corrected chi connectivity index (χ1v) is 17.1. The Morgan fingerprint density at radius 1 is 0.622 bits per heavy atom. The zero-order valence-corrected chi connectivity index (χ0v) is 26.6. The summed E-state index contributed by atoms with van der Waals surface area (Å²) in [5, 5.41) is 13.2. The van der Waals surface area contributed by atoms with Gasteiger partial charge in [-0.05, 0) is 61.9 Å². The molecule has 0 spiro atoms. The number of para-hydroxylation sites is 1. The Kier molecular flexibility index (Phi) is 7.92. The molecule has 7 rings (SSSR count). The average molecular weight is 602 g/mol. The molecular weight excluding hydrogens is 565 g/mol. The minimum atomic E-state index is -0.818. The van der Waals surface area contributed by atoms with Crippen LogP contribution < -0.4 is 5.30 Å². The molecule has 0 aliphatic carbocycles. The van der Waals surface area contributed by atoms with Gasteiger partial charge in [0.1, 0.15) is 5.75 Å². The second kappa shape index (κ2) is 12.3. The quantitative estimate of drug-likeness (QED) is 0.189. The van der Waals surface area contributed by atoms with Gasteiger partial charge in [-0.2, -0.15) is 0 Å². The number of aryl methyl sites for hydroxylation is 2. The van der Waals surface area contributed by atoms with Crippen LogP contribution in [0.3, 0.4) is 0 Å². The molecule has 2 unspecified atom stereocenters. The van der Waals surface area contributed by atoms with Crippen molar-refractivity contribution in [2.45, 2.75) is 25.7 Å². The Morgan fingerprint density at radius 3 is 1.73 bits per heavy atom. The number of nitrogens with zero attached hydrogens (tertiary/aromatic N) is 1. The van der Waals surface area contributed by atoms with E-state index in [1.165, 1.54) is 10.9 Å². The van der Waals surface area contributed by atoms with Crippen LogP contribution in [0.15, 0.2) is 157 Å². The van der Waals surface area contributed by atoms with E-state index in [1.54, 1.807) is 0 Å². The molecule has 1 aliphatic heterocycles. The maximum absolute atomic E-state index is 11.9. The van der Waals surface area contributed by atoms with Gasteiger partial charge in [-0.3, -0.25) is 4.99 Å². The molecule has 1 saturated heterocycles. The molecule has 0 amide bonds. The predicted molar refractivity (Wildman–Crippen MR) is 192 cm³/mol. The van der Waals surface area contributed by atoms with Crippen molar-refractivity contribution in [3.8, 4) is 28.0 Å². The summed E-state index contributed by atoms with van der Waals surface area (Å²) in [6.45, 7) is 4.13.